The molecule has 0 fully saturated rings. The van der Waals surface area contributed by atoms with Crippen LogP contribution in [0.2, 0.25) is 0 Å². The SMILES string of the molecule is O=C(Nc1cc(F)c(F)cc1F)c1cccc(O)c1. The standard InChI is InChI=1S/C13H8F3NO2/c14-9-5-11(16)12(6-10(9)15)17-13(19)7-2-1-3-8(18)4-7/h1-6,18H,(H,17,19). The third kappa shape index (κ3) is 2.85. The fourth-order valence-corrected chi connectivity index (χ4v) is 1.46. The molecule has 0 unspecified atom stereocenters. The summed E-state index contributed by atoms with van der Waals surface area (Å²) in [6, 6.07) is 6.21. The predicted molar refractivity (Wildman–Crippen MR) is 62.4 cm³/mol. The lowest BCUT2D eigenvalue weighted by atomic mass is 10.2. The van der Waals surface area contributed by atoms with Crippen molar-refractivity contribution < 1.29 is 23.1 Å². The summed E-state index contributed by atoms with van der Waals surface area (Å²) >= 11 is 0. The molecule has 2 rings (SSSR count). The molecule has 0 heterocycles. The molecule has 2 aromatic carbocycles. The molecule has 0 spiro atoms. The molecule has 0 saturated carbocycles. The number of amides is 1. The molecule has 3 nitrogen and oxygen atoms in total. The number of benzene rings is 2. The van der Waals surface area contributed by atoms with E-state index in [4.69, 9.17) is 0 Å². The maximum absolute atomic E-state index is 13.3. The van der Waals surface area contributed by atoms with Crippen molar-refractivity contribution in [2.45, 2.75) is 0 Å². The summed E-state index contributed by atoms with van der Waals surface area (Å²) in [5.41, 5.74) is -0.420. The number of rotatable bonds is 2. The molecular formula is C13H8F3NO2. The zero-order chi connectivity index (χ0) is 14.0. The van der Waals surface area contributed by atoms with Gasteiger partial charge in [0.1, 0.15) is 11.6 Å². The van der Waals surface area contributed by atoms with Crippen molar-refractivity contribution >= 4 is 11.6 Å². The van der Waals surface area contributed by atoms with Crippen LogP contribution < -0.4 is 5.32 Å². The fourth-order valence-electron chi connectivity index (χ4n) is 1.46. The van der Waals surface area contributed by atoms with Crippen molar-refractivity contribution in [3.63, 3.8) is 0 Å². The van der Waals surface area contributed by atoms with Crippen LogP contribution in [-0.4, -0.2) is 11.0 Å². The second-order valence-electron chi connectivity index (χ2n) is 3.75. The first-order valence-corrected chi connectivity index (χ1v) is 5.22. The van der Waals surface area contributed by atoms with Gasteiger partial charge < -0.3 is 10.4 Å². The first-order valence-electron chi connectivity index (χ1n) is 5.22. The van der Waals surface area contributed by atoms with Crippen LogP contribution in [0.5, 0.6) is 5.75 Å². The molecule has 0 aliphatic rings. The molecular weight excluding hydrogens is 259 g/mol. The molecule has 0 bridgehead atoms. The molecule has 2 N–H and O–H groups in total. The Morgan fingerprint density at radius 1 is 1.00 bits per heavy atom. The van der Waals surface area contributed by atoms with Gasteiger partial charge in [0.05, 0.1) is 5.69 Å². The van der Waals surface area contributed by atoms with E-state index in [9.17, 15) is 23.1 Å². The number of halogens is 3. The monoisotopic (exact) mass is 267 g/mol. The number of hydrogen-bond donors (Lipinski definition) is 2. The van der Waals surface area contributed by atoms with E-state index in [0.717, 1.165) is 6.07 Å². The van der Waals surface area contributed by atoms with Gasteiger partial charge in [-0.3, -0.25) is 4.79 Å². The molecule has 1 amide bonds. The number of phenols is 1. The molecule has 0 aliphatic heterocycles. The minimum Gasteiger partial charge on any atom is -0.508 e. The van der Waals surface area contributed by atoms with Crippen LogP contribution in [0.4, 0.5) is 18.9 Å². The number of phenolic OH excluding ortho intramolecular Hbond substituents is 1. The Morgan fingerprint density at radius 3 is 2.37 bits per heavy atom. The molecule has 2 aromatic rings. The summed E-state index contributed by atoms with van der Waals surface area (Å²) in [4.78, 5) is 11.7. The van der Waals surface area contributed by atoms with Crippen LogP contribution >= 0.6 is 0 Å². The van der Waals surface area contributed by atoms with Gasteiger partial charge in [-0.05, 0) is 18.2 Å². The predicted octanol–water partition coefficient (Wildman–Crippen LogP) is 3.06. The summed E-state index contributed by atoms with van der Waals surface area (Å²) in [5, 5.41) is 11.3. The van der Waals surface area contributed by atoms with E-state index in [0.29, 0.717) is 12.1 Å². The van der Waals surface area contributed by atoms with Gasteiger partial charge >= 0.3 is 0 Å². The van der Waals surface area contributed by atoms with Crippen LogP contribution in [-0.2, 0) is 0 Å². The van der Waals surface area contributed by atoms with E-state index >= 15 is 0 Å². The third-order valence-electron chi connectivity index (χ3n) is 2.37. The van der Waals surface area contributed by atoms with Crippen LogP contribution in [0.15, 0.2) is 36.4 Å². The van der Waals surface area contributed by atoms with Gasteiger partial charge in [-0.25, -0.2) is 13.2 Å². The number of aromatic hydroxyl groups is 1. The third-order valence-corrected chi connectivity index (χ3v) is 2.37. The lowest BCUT2D eigenvalue weighted by Crippen LogP contribution is -2.13. The van der Waals surface area contributed by atoms with Gasteiger partial charge in [0.15, 0.2) is 11.6 Å². The fraction of sp³-hybridized carbons (Fsp3) is 0. The number of nitrogens with one attached hydrogen (secondary N) is 1. The molecule has 0 atom stereocenters. The van der Waals surface area contributed by atoms with Crippen molar-refractivity contribution in [3.8, 4) is 5.75 Å². The summed E-state index contributed by atoms with van der Waals surface area (Å²) in [5.74, 6) is -4.59. The van der Waals surface area contributed by atoms with E-state index in [-0.39, 0.29) is 11.3 Å². The summed E-state index contributed by atoms with van der Waals surface area (Å²) in [6.07, 6.45) is 0. The molecule has 6 heteroatoms. The van der Waals surface area contributed by atoms with Crippen molar-refractivity contribution in [2.24, 2.45) is 0 Å². The van der Waals surface area contributed by atoms with Gasteiger partial charge in [-0.15, -0.1) is 0 Å². The van der Waals surface area contributed by atoms with Gasteiger partial charge in [0.25, 0.3) is 5.91 Å². The molecule has 19 heavy (non-hydrogen) atoms. The van der Waals surface area contributed by atoms with Crippen LogP contribution in [0.25, 0.3) is 0 Å². The first-order chi connectivity index (χ1) is 8.97. The van der Waals surface area contributed by atoms with E-state index in [2.05, 4.69) is 5.32 Å². The van der Waals surface area contributed by atoms with Gasteiger partial charge in [0, 0.05) is 17.7 Å². The Kier molecular flexibility index (Phi) is 3.41. The maximum atomic E-state index is 13.3. The Morgan fingerprint density at radius 2 is 1.68 bits per heavy atom. The molecule has 0 aliphatic carbocycles. The lowest BCUT2D eigenvalue weighted by molar-refractivity contribution is 0.102. The minimum atomic E-state index is -1.34. The molecule has 0 aromatic heterocycles. The lowest BCUT2D eigenvalue weighted by Gasteiger charge is -2.07. The Hall–Kier alpha value is -2.50. The first kappa shape index (κ1) is 12.9. The Labute approximate surface area is 106 Å². The van der Waals surface area contributed by atoms with E-state index in [1.807, 2.05) is 0 Å². The minimum absolute atomic E-state index is 0.0594. The van der Waals surface area contributed by atoms with Gasteiger partial charge in [-0.1, -0.05) is 6.07 Å². The number of carbonyl (C=O) groups excluding carboxylic acids is 1. The highest BCUT2D eigenvalue weighted by molar-refractivity contribution is 6.04. The largest absolute Gasteiger partial charge is 0.508 e. The van der Waals surface area contributed by atoms with Crippen molar-refractivity contribution in [3.05, 3.63) is 59.4 Å². The number of carbonyl (C=O) groups is 1. The zero-order valence-corrected chi connectivity index (χ0v) is 9.45. The topological polar surface area (TPSA) is 49.3 Å². The summed E-state index contributed by atoms with van der Waals surface area (Å²) in [7, 11) is 0. The van der Waals surface area contributed by atoms with Crippen LogP contribution in [0.3, 0.4) is 0 Å². The van der Waals surface area contributed by atoms with Crippen LogP contribution in [0, 0.1) is 17.5 Å². The zero-order valence-electron chi connectivity index (χ0n) is 9.45. The quantitative estimate of drug-likeness (QED) is 0.821. The highest BCUT2D eigenvalue weighted by Crippen LogP contribution is 2.20. The van der Waals surface area contributed by atoms with Gasteiger partial charge in [0.2, 0.25) is 0 Å². The van der Waals surface area contributed by atoms with Crippen LogP contribution in [0.1, 0.15) is 10.4 Å². The molecule has 0 radical (unpaired) electrons. The smallest absolute Gasteiger partial charge is 0.255 e. The van der Waals surface area contributed by atoms with Crippen molar-refractivity contribution in [2.75, 3.05) is 5.32 Å². The second kappa shape index (κ2) is 5.01. The second-order valence-corrected chi connectivity index (χ2v) is 3.75. The summed E-state index contributed by atoms with van der Waals surface area (Å²) < 4.78 is 39.0. The van der Waals surface area contributed by atoms with E-state index < -0.39 is 29.0 Å². The normalized spacial score (nSPS) is 10.3. The summed E-state index contributed by atoms with van der Waals surface area (Å²) in [6.45, 7) is 0. The van der Waals surface area contributed by atoms with Crippen molar-refractivity contribution in [1.82, 2.24) is 0 Å². The molecule has 98 valence electrons. The number of hydrogen-bond acceptors (Lipinski definition) is 2. The average molecular weight is 267 g/mol. The maximum Gasteiger partial charge on any atom is 0.255 e. The highest BCUT2D eigenvalue weighted by Gasteiger charge is 2.13. The highest BCUT2D eigenvalue weighted by atomic mass is 19.2. The Balaban J connectivity index is 2.27. The van der Waals surface area contributed by atoms with Gasteiger partial charge in [-0.2, -0.15) is 0 Å². The van der Waals surface area contributed by atoms with Crippen molar-refractivity contribution in [1.29, 1.82) is 0 Å². The van der Waals surface area contributed by atoms with E-state index in [1.54, 1.807) is 0 Å². The number of anilines is 1. The molecule has 0 saturated heterocycles. The van der Waals surface area contributed by atoms with E-state index in [1.165, 1.54) is 18.2 Å². The Bertz CT molecular complexity index is 644. The average Bonchev–Trinajstić information content (AvgIpc) is 2.36.